The average Bonchev–Trinajstić information content (AvgIpc) is 2.78. The molecule has 0 spiro atoms. The number of rotatable bonds is 2. The molecule has 1 aliphatic heterocycles. The molecule has 1 aromatic rings. The van der Waals surface area contributed by atoms with Gasteiger partial charge in [-0.25, -0.2) is 9.79 Å². The molecule has 0 radical (unpaired) electrons. The molecule has 1 heterocycles. The minimum Gasteiger partial charge on any atom is -0.405 e. The van der Waals surface area contributed by atoms with E-state index in [1.807, 2.05) is 37.3 Å². The zero-order chi connectivity index (χ0) is 13.3. The van der Waals surface area contributed by atoms with E-state index in [-0.39, 0.29) is 11.9 Å². The number of allylic oxidation sites excluding steroid dienone is 1. The van der Waals surface area contributed by atoms with Crippen molar-refractivity contribution in [3.05, 3.63) is 48.0 Å². The Hall–Kier alpha value is -1.90. The van der Waals surface area contributed by atoms with E-state index < -0.39 is 5.54 Å². The molecular weight excluding hydrogens is 238 g/mol. The van der Waals surface area contributed by atoms with Crippen LogP contribution in [-0.2, 0) is 9.53 Å². The Kier molecular flexibility index (Phi) is 2.97. The van der Waals surface area contributed by atoms with Crippen LogP contribution in [0.3, 0.4) is 0 Å². The number of nitrogens with zero attached hydrogens (tertiary/aromatic N) is 1. The number of carbonyl (C=O) groups is 1. The molecule has 3 rings (SSSR count). The zero-order valence-electron chi connectivity index (χ0n) is 11.0. The summed E-state index contributed by atoms with van der Waals surface area (Å²) in [5.41, 5.74) is 0.0987. The summed E-state index contributed by atoms with van der Waals surface area (Å²) in [5, 5.41) is 0. The van der Waals surface area contributed by atoms with E-state index in [2.05, 4.69) is 17.1 Å². The number of carbonyl (C=O) groups excluding carboxylic acids is 1. The molecule has 0 fully saturated rings. The second-order valence-electron chi connectivity index (χ2n) is 5.29. The first-order chi connectivity index (χ1) is 9.20. The fourth-order valence-corrected chi connectivity index (χ4v) is 2.69. The van der Waals surface area contributed by atoms with Gasteiger partial charge in [0.15, 0.2) is 5.54 Å². The smallest absolute Gasteiger partial charge is 0.341 e. The molecule has 0 amide bonds. The Morgan fingerprint density at radius 1 is 1.32 bits per heavy atom. The van der Waals surface area contributed by atoms with Gasteiger partial charge in [-0.05, 0) is 38.3 Å². The van der Waals surface area contributed by atoms with Crippen LogP contribution in [0.2, 0.25) is 0 Å². The van der Waals surface area contributed by atoms with Crippen LogP contribution in [0.1, 0.15) is 31.7 Å². The molecule has 1 aliphatic carbocycles. The van der Waals surface area contributed by atoms with Crippen molar-refractivity contribution in [3.63, 3.8) is 0 Å². The Morgan fingerprint density at radius 2 is 2.11 bits per heavy atom. The van der Waals surface area contributed by atoms with Crippen molar-refractivity contribution in [1.29, 1.82) is 0 Å². The lowest BCUT2D eigenvalue weighted by Crippen LogP contribution is -2.38. The quantitative estimate of drug-likeness (QED) is 0.601. The van der Waals surface area contributed by atoms with E-state index in [9.17, 15) is 4.79 Å². The van der Waals surface area contributed by atoms with Crippen LogP contribution in [0.25, 0.3) is 0 Å². The second kappa shape index (κ2) is 4.65. The van der Waals surface area contributed by atoms with Crippen LogP contribution in [0.5, 0.6) is 0 Å². The van der Waals surface area contributed by atoms with Crippen LogP contribution >= 0.6 is 0 Å². The molecule has 2 atom stereocenters. The van der Waals surface area contributed by atoms with Crippen molar-refractivity contribution in [2.45, 2.75) is 31.7 Å². The third-order valence-corrected chi connectivity index (χ3v) is 3.93. The van der Waals surface area contributed by atoms with Crippen molar-refractivity contribution in [2.24, 2.45) is 10.9 Å². The van der Waals surface area contributed by atoms with E-state index in [4.69, 9.17) is 4.74 Å². The van der Waals surface area contributed by atoms with Crippen LogP contribution in [0, 0.1) is 5.92 Å². The molecule has 2 aliphatic rings. The molecule has 1 aromatic carbocycles. The van der Waals surface area contributed by atoms with E-state index in [0.717, 1.165) is 24.8 Å². The molecule has 0 bridgehead atoms. The Labute approximate surface area is 113 Å². The number of hydrogen-bond acceptors (Lipinski definition) is 3. The highest BCUT2D eigenvalue weighted by molar-refractivity contribution is 6.08. The first kappa shape index (κ1) is 12.2. The maximum Gasteiger partial charge on any atom is 0.341 e. The molecule has 3 heteroatoms. The van der Waals surface area contributed by atoms with Crippen LogP contribution in [0.4, 0.5) is 0 Å². The van der Waals surface area contributed by atoms with Crippen molar-refractivity contribution in [2.75, 3.05) is 0 Å². The standard InChI is InChI=1S/C16H17NO2/c1-16(13-10-6-3-7-11-13)15(18)19-14(17-16)12-8-4-2-5-9-12/h2,4-6,8-10,13H,3,7,11H2,1H3/t13-,16-/m1/s1. The molecule has 98 valence electrons. The summed E-state index contributed by atoms with van der Waals surface area (Å²) in [6.45, 7) is 1.88. The van der Waals surface area contributed by atoms with Gasteiger partial charge < -0.3 is 4.74 Å². The second-order valence-corrected chi connectivity index (χ2v) is 5.29. The summed E-state index contributed by atoms with van der Waals surface area (Å²) in [6, 6.07) is 9.59. The molecular formula is C16H17NO2. The van der Waals surface area contributed by atoms with Crippen molar-refractivity contribution in [3.8, 4) is 0 Å². The molecule has 0 saturated heterocycles. The van der Waals surface area contributed by atoms with Gasteiger partial charge in [0.2, 0.25) is 5.90 Å². The van der Waals surface area contributed by atoms with Crippen LogP contribution in [0.15, 0.2) is 47.5 Å². The molecule has 3 nitrogen and oxygen atoms in total. The van der Waals surface area contributed by atoms with Gasteiger partial charge in [-0.1, -0.05) is 30.4 Å². The monoisotopic (exact) mass is 255 g/mol. The number of aliphatic imine (C=N–C) groups is 1. The fourth-order valence-electron chi connectivity index (χ4n) is 2.69. The van der Waals surface area contributed by atoms with Gasteiger partial charge in [0.05, 0.1) is 0 Å². The van der Waals surface area contributed by atoms with E-state index in [0.29, 0.717) is 5.90 Å². The molecule has 0 saturated carbocycles. The summed E-state index contributed by atoms with van der Waals surface area (Å²) < 4.78 is 5.39. The third-order valence-electron chi connectivity index (χ3n) is 3.93. The van der Waals surface area contributed by atoms with Crippen molar-refractivity contribution in [1.82, 2.24) is 0 Å². The zero-order valence-corrected chi connectivity index (χ0v) is 11.0. The highest BCUT2D eigenvalue weighted by Crippen LogP contribution is 2.36. The van der Waals surface area contributed by atoms with Crippen molar-refractivity contribution >= 4 is 11.9 Å². The Bertz CT molecular complexity index is 547. The van der Waals surface area contributed by atoms with Gasteiger partial charge in [0.1, 0.15) is 0 Å². The summed E-state index contributed by atoms with van der Waals surface area (Å²) in [7, 11) is 0. The number of hydrogen-bond donors (Lipinski definition) is 0. The molecule has 0 aromatic heterocycles. The highest BCUT2D eigenvalue weighted by Gasteiger charge is 2.47. The Balaban J connectivity index is 1.94. The minimum atomic E-state index is -0.762. The normalized spacial score (nSPS) is 30.1. The van der Waals surface area contributed by atoms with Gasteiger partial charge in [0.25, 0.3) is 0 Å². The summed E-state index contributed by atoms with van der Waals surface area (Å²) in [5.74, 6) is 0.366. The lowest BCUT2D eigenvalue weighted by Gasteiger charge is -2.27. The average molecular weight is 255 g/mol. The first-order valence-electron chi connectivity index (χ1n) is 6.74. The van der Waals surface area contributed by atoms with Gasteiger partial charge in [-0.3, -0.25) is 0 Å². The van der Waals surface area contributed by atoms with Gasteiger partial charge >= 0.3 is 5.97 Å². The van der Waals surface area contributed by atoms with Gasteiger partial charge in [-0.15, -0.1) is 0 Å². The summed E-state index contributed by atoms with van der Waals surface area (Å²) in [6.07, 6.45) is 7.45. The summed E-state index contributed by atoms with van der Waals surface area (Å²) >= 11 is 0. The van der Waals surface area contributed by atoms with Gasteiger partial charge in [-0.2, -0.15) is 0 Å². The SMILES string of the molecule is C[C@]1([C@@H]2C=CCCC2)N=C(c2ccccc2)OC1=O. The molecule has 19 heavy (non-hydrogen) atoms. The number of ether oxygens (including phenoxy) is 1. The first-order valence-corrected chi connectivity index (χ1v) is 6.74. The Morgan fingerprint density at radius 3 is 2.79 bits per heavy atom. The van der Waals surface area contributed by atoms with E-state index in [1.54, 1.807) is 0 Å². The number of benzene rings is 1. The number of esters is 1. The predicted molar refractivity (Wildman–Crippen MR) is 74.0 cm³/mol. The minimum absolute atomic E-state index is 0.148. The third kappa shape index (κ3) is 2.09. The highest BCUT2D eigenvalue weighted by atomic mass is 16.6. The van der Waals surface area contributed by atoms with Crippen LogP contribution < -0.4 is 0 Å². The van der Waals surface area contributed by atoms with E-state index in [1.165, 1.54) is 0 Å². The largest absolute Gasteiger partial charge is 0.405 e. The lowest BCUT2D eigenvalue weighted by molar-refractivity contribution is -0.139. The van der Waals surface area contributed by atoms with Crippen LogP contribution in [-0.4, -0.2) is 17.4 Å². The topological polar surface area (TPSA) is 38.7 Å². The fraction of sp³-hybridized carbons (Fsp3) is 0.375. The van der Waals surface area contributed by atoms with E-state index >= 15 is 0 Å². The summed E-state index contributed by atoms with van der Waals surface area (Å²) in [4.78, 5) is 16.8. The maximum atomic E-state index is 12.2. The lowest BCUT2D eigenvalue weighted by atomic mass is 9.80. The molecule has 0 N–H and O–H groups in total. The van der Waals surface area contributed by atoms with Crippen molar-refractivity contribution < 1.29 is 9.53 Å². The predicted octanol–water partition coefficient (Wildman–Crippen LogP) is 3.11. The van der Waals surface area contributed by atoms with Gasteiger partial charge in [0, 0.05) is 11.5 Å². The maximum absolute atomic E-state index is 12.2. The molecule has 0 unspecified atom stereocenters. The number of cyclic esters (lactones) is 1.